The fourth-order valence-corrected chi connectivity index (χ4v) is 2.00. The Morgan fingerprint density at radius 1 is 1.35 bits per heavy atom. The minimum Gasteiger partial charge on any atom is -0.486 e. The molecule has 1 unspecified atom stereocenters. The van der Waals surface area contributed by atoms with Gasteiger partial charge in [-0.25, -0.2) is 4.79 Å². The van der Waals surface area contributed by atoms with Crippen molar-refractivity contribution in [3.8, 4) is 0 Å². The lowest BCUT2D eigenvalue weighted by Gasteiger charge is -2.31. The minimum absolute atomic E-state index is 0.191. The molecule has 23 heavy (non-hydrogen) atoms. The van der Waals surface area contributed by atoms with Gasteiger partial charge in [0.05, 0.1) is 12.4 Å². The largest absolute Gasteiger partial charge is 0.486 e. The van der Waals surface area contributed by atoms with Crippen LogP contribution in [0.1, 0.15) is 26.5 Å². The van der Waals surface area contributed by atoms with Crippen molar-refractivity contribution in [1.29, 1.82) is 0 Å². The maximum atomic E-state index is 13.6. The van der Waals surface area contributed by atoms with Gasteiger partial charge in [-0.15, -0.1) is 0 Å². The third-order valence-corrected chi connectivity index (χ3v) is 2.75. The number of halogens is 3. The summed E-state index contributed by atoms with van der Waals surface area (Å²) in [5.41, 5.74) is -0.581. The van der Waals surface area contributed by atoms with Crippen molar-refractivity contribution in [1.82, 2.24) is 0 Å². The average molecular weight is 334 g/mol. The van der Waals surface area contributed by atoms with Gasteiger partial charge in [0.15, 0.2) is 0 Å². The van der Waals surface area contributed by atoms with Crippen LogP contribution < -0.4 is 0 Å². The molecule has 0 aromatic carbocycles. The maximum Gasteiger partial charge on any atom is 0.477 e. The zero-order valence-corrected chi connectivity index (χ0v) is 12.4. The number of carbonyl (C=O) groups is 2. The van der Waals surface area contributed by atoms with Gasteiger partial charge < -0.3 is 18.6 Å². The van der Waals surface area contributed by atoms with Crippen LogP contribution in [0, 0.1) is 0 Å². The lowest BCUT2D eigenvalue weighted by atomic mass is 10.1. The predicted molar refractivity (Wildman–Crippen MR) is 68.5 cm³/mol. The first-order valence-corrected chi connectivity index (χ1v) is 6.53. The third kappa shape index (κ3) is 2.90. The molecule has 0 N–H and O–H groups in total. The molecule has 126 valence electrons. The summed E-state index contributed by atoms with van der Waals surface area (Å²) in [4.78, 5) is 23.2. The number of hydrogen-bond acceptors (Lipinski definition) is 6. The number of esters is 2. The summed E-state index contributed by atoms with van der Waals surface area (Å²) in [6, 6.07) is 2.64. The normalized spacial score (nSPS) is 21.6. The first-order chi connectivity index (χ1) is 10.6. The van der Waals surface area contributed by atoms with Crippen molar-refractivity contribution in [2.75, 3.05) is 0 Å². The molecule has 6 nitrogen and oxygen atoms in total. The van der Waals surface area contributed by atoms with Crippen molar-refractivity contribution in [3.05, 3.63) is 29.9 Å². The van der Waals surface area contributed by atoms with Gasteiger partial charge >= 0.3 is 23.9 Å². The molecule has 0 amide bonds. The second-order valence-corrected chi connectivity index (χ2v) is 4.95. The van der Waals surface area contributed by atoms with E-state index < -0.39 is 41.3 Å². The number of alkyl halides is 3. The van der Waals surface area contributed by atoms with E-state index in [0.29, 0.717) is 0 Å². The van der Waals surface area contributed by atoms with E-state index in [4.69, 9.17) is 9.15 Å². The van der Waals surface area contributed by atoms with E-state index in [9.17, 15) is 22.8 Å². The van der Waals surface area contributed by atoms with Crippen LogP contribution in [0.2, 0.25) is 0 Å². The third-order valence-electron chi connectivity index (χ3n) is 2.75. The highest BCUT2D eigenvalue weighted by molar-refractivity contribution is 6.18. The van der Waals surface area contributed by atoms with Gasteiger partial charge in [0.1, 0.15) is 11.3 Å². The molecule has 0 saturated carbocycles. The van der Waals surface area contributed by atoms with Crippen LogP contribution in [-0.2, 0) is 23.8 Å². The molecular formula is C14H13F3O6. The van der Waals surface area contributed by atoms with E-state index >= 15 is 0 Å². The molecule has 1 atom stereocenters. The van der Waals surface area contributed by atoms with Crippen molar-refractivity contribution < 1.29 is 41.4 Å². The lowest BCUT2D eigenvalue weighted by molar-refractivity contribution is -0.341. The van der Waals surface area contributed by atoms with Gasteiger partial charge in [-0.1, -0.05) is 0 Å². The Morgan fingerprint density at radius 3 is 2.43 bits per heavy atom. The van der Waals surface area contributed by atoms with Gasteiger partial charge in [-0.05, 0) is 26.0 Å². The molecule has 0 saturated heterocycles. The first kappa shape index (κ1) is 16.9. The number of cyclic esters (lactones) is 1. The molecule has 0 aliphatic carbocycles. The van der Waals surface area contributed by atoms with E-state index in [-0.39, 0.29) is 5.76 Å². The van der Waals surface area contributed by atoms with E-state index in [1.807, 2.05) is 0 Å². The zero-order chi connectivity index (χ0) is 17.4. The number of carbonyl (C=O) groups excluding carboxylic acids is 2. The summed E-state index contributed by atoms with van der Waals surface area (Å²) in [7, 11) is 0. The van der Waals surface area contributed by atoms with Crippen molar-refractivity contribution in [2.24, 2.45) is 0 Å². The van der Waals surface area contributed by atoms with Crippen molar-refractivity contribution in [3.63, 3.8) is 0 Å². The van der Waals surface area contributed by atoms with Crippen LogP contribution in [0.25, 0.3) is 5.57 Å². The molecule has 0 spiro atoms. The highest BCUT2D eigenvalue weighted by Crippen LogP contribution is 2.49. The highest BCUT2D eigenvalue weighted by atomic mass is 19.4. The highest BCUT2D eigenvalue weighted by Gasteiger charge is 2.71. The number of furan rings is 1. The van der Waals surface area contributed by atoms with E-state index in [2.05, 4.69) is 9.47 Å². The first-order valence-electron chi connectivity index (χ1n) is 6.53. The van der Waals surface area contributed by atoms with Crippen molar-refractivity contribution >= 4 is 17.5 Å². The van der Waals surface area contributed by atoms with Crippen LogP contribution in [0.3, 0.4) is 0 Å². The molecule has 2 heterocycles. The second kappa shape index (κ2) is 5.64. The average Bonchev–Trinajstić information content (AvgIpc) is 2.95. The summed E-state index contributed by atoms with van der Waals surface area (Å²) < 4.78 is 59.6. The molecule has 9 heteroatoms. The summed E-state index contributed by atoms with van der Waals surface area (Å²) in [5, 5.41) is 0. The SMILES string of the molecule is CC(=O)OC1(C(F)(F)F)OC(=O)C(c2ccco2)=C1OC(C)C. The molecule has 1 aliphatic heterocycles. The van der Waals surface area contributed by atoms with Crippen LogP contribution in [0.4, 0.5) is 13.2 Å². The molecular weight excluding hydrogens is 321 g/mol. The monoisotopic (exact) mass is 334 g/mol. The smallest absolute Gasteiger partial charge is 0.477 e. The number of rotatable bonds is 4. The molecule has 0 bridgehead atoms. The molecule has 2 rings (SSSR count). The van der Waals surface area contributed by atoms with Gasteiger partial charge in [-0.2, -0.15) is 13.2 Å². The summed E-state index contributed by atoms with van der Waals surface area (Å²) >= 11 is 0. The fraction of sp³-hybridized carbons (Fsp3) is 0.429. The summed E-state index contributed by atoms with van der Waals surface area (Å²) in [6.45, 7) is 3.66. The van der Waals surface area contributed by atoms with Crippen molar-refractivity contribution in [2.45, 2.75) is 38.8 Å². The standard InChI is InChI=1S/C14H13F3O6/c1-7(2)21-11-10(9-5-4-6-20-9)12(19)23-13(11,14(15,16)17)22-8(3)18/h4-7H,1-3H3. The number of ether oxygens (including phenoxy) is 3. The Hall–Kier alpha value is -2.45. The topological polar surface area (TPSA) is 75.0 Å². The second-order valence-electron chi connectivity index (χ2n) is 4.95. The summed E-state index contributed by atoms with van der Waals surface area (Å²) in [5.74, 6) is -7.45. The molecule has 1 aromatic rings. The Kier molecular flexibility index (Phi) is 4.14. The van der Waals surface area contributed by atoms with Crippen LogP contribution in [0.15, 0.2) is 28.6 Å². The Balaban J connectivity index is 2.71. The Labute approximate surface area is 128 Å². The Bertz CT molecular complexity index is 644. The van der Waals surface area contributed by atoms with Crippen LogP contribution in [0.5, 0.6) is 0 Å². The molecule has 1 aliphatic rings. The van der Waals surface area contributed by atoms with Crippen LogP contribution in [-0.4, -0.2) is 30.0 Å². The quantitative estimate of drug-likeness (QED) is 0.788. The van der Waals surface area contributed by atoms with E-state index in [0.717, 1.165) is 6.92 Å². The van der Waals surface area contributed by atoms with Gasteiger partial charge in [0, 0.05) is 6.92 Å². The molecule has 0 fully saturated rings. The molecule has 0 radical (unpaired) electrons. The lowest BCUT2D eigenvalue weighted by Crippen LogP contribution is -2.51. The minimum atomic E-state index is -5.24. The van der Waals surface area contributed by atoms with Gasteiger partial charge in [0.2, 0.25) is 5.76 Å². The zero-order valence-electron chi connectivity index (χ0n) is 12.4. The van der Waals surface area contributed by atoms with Gasteiger partial charge in [0.25, 0.3) is 0 Å². The van der Waals surface area contributed by atoms with Gasteiger partial charge in [-0.3, -0.25) is 4.79 Å². The van der Waals surface area contributed by atoms with E-state index in [1.165, 1.54) is 32.2 Å². The Morgan fingerprint density at radius 2 is 2.00 bits per heavy atom. The predicted octanol–water partition coefficient (Wildman–Crippen LogP) is 2.79. The summed E-state index contributed by atoms with van der Waals surface area (Å²) in [6.07, 6.45) is -4.82. The van der Waals surface area contributed by atoms with E-state index in [1.54, 1.807) is 0 Å². The fourth-order valence-electron chi connectivity index (χ4n) is 2.00. The van der Waals surface area contributed by atoms with Crippen LogP contribution >= 0.6 is 0 Å². The molecule has 1 aromatic heterocycles. The maximum absolute atomic E-state index is 13.6. The number of hydrogen-bond donors (Lipinski definition) is 0.